The zero-order chi connectivity index (χ0) is 11.7. The van der Waals surface area contributed by atoms with Gasteiger partial charge in [0.05, 0.1) is 12.7 Å². The van der Waals surface area contributed by atoms with Crippen LogP contribution in [0.25, 0.3) is 0 Å². The van der Waals surface area contributed by atoms with Gasteiger partial charge in [0, 0.05) is 0 Å². The van der Waals surface area contributed by atoms with Gasteiger partial charge in [0.1, 0.15) is 6.10 Å². The maximum absolute atomic E-state index is 10.8. The van der Waals surface area contributed by atoms with Gasteiger partial charge in [-0.25, -0.2) is 0 Å². The molecule has 0 aliphatic carbocycles. The molecule has 0 saturated carbocycles. The Kier molecular flexibility index (Phi) is 3.74. The van der Waals surface area contributed by atoms with Crippen LogP contribution in [0.5, 0.6) is 0 Å². The highest BCUT2D eigenvalue weighted by Crippen LogP contribution is 2.38. The van der Waals surface area contributed by atoms with Crippen molar-refractivity contribution >= 4 is 14.6 Å². The second-order valence-electron chi connectivity index (χ2n) is 5.68. The van der Waals surface area contributed by atoms with E-state index in [0.717, 1.165) is 12.7 Å². The zero-order valence-electron chi connectivity index (χ0n) is 10.4. The molecule has 0 bridgehead atoms. The van der Waals surface area contributed by atoms with E-state index < -0.39 is 8.32 Å². The zero-order valence-corrected chi connectivity index (χ0v) is 11.4. The fraction of sp³-hybridized carbons (Fsp3) is 0.909. The maximum atomic E-state index is 10.8. The highest BCUT2D eigenvalue weighted by atomic mass is 28.4. The third-order valence-electron chi connectivity index (χ3n) is 3.47. The van der Waals surface area contributed by atoms with Crippen molar-refractivity contribution in [3.05, 3.63) is 0 Å². The Hall–Kier alpha value is -0.193. The highest BCUT2D eigenvalue weighted by molar-refractivity contribution is 6.74. The first kappa shape index (κ1) is 12.9. The summed E-state index contributed by atoms with van der Waals surface area (Å²) in [6.45, 7) is 11.6. The lowest BCUT2D eigenvalue weighted by atomic mass is 10.2. The van der Waals surface area contributed by atoms with Crippen molar-refractivity contribution in [2.45, 2.75) is 57.5 Å². The molecule has 2 unspecified atom stereocenters. The fourth-order valence-electron chi connectivity index (χ4n) is 1.40. The Morgan fingerprint density at radius 2 is 2.00 bits per heavy atom. The van der Waals surface area contributed by atoms with Crippen molar-refractivity contribution in [3.8, 4) is 0 Å². The van der Waals surface area contributed by atoms with Gasteiger partial charge in [-0.2, -0.15) is 0 Å². The second-order valence-corrected chi connectivity index (χ2v) is 10.4. The fourth-order valence-corrected chi connectivity index (χ4v) is 2.76. The number of hydrogen-bond donors (Lipinski definition) is 0. The summed E-state index contributed by atoms with van der Waals surface area (Å²) in [7, 11) is -1.77. The van der Waals surface area contributed by atoms with E-state index in [1.165, 1.54) is 0 Å². The minimum atomic E-state index is -1.77. The van der Waals surface area contributed by atoms with Gasteiger partial charge in [-0.1, -0.05) is 20.8 Å². The number of ether oxygens (including phenoxy) is 1. The molecule has 15 heavy (non-hydrogen) atoms. The summed E-state index contributed by atoms with van der Waals surface area (Å²) in [6.07, 6.45) is 1.34. The van der Waals surface area contributed by atoms with Crippen molar-refractivity contribution < 1.29 is 14.0 Å². The number of carbonyl (C=O) groups is 1. The number of aldehydes is 1. The van der Waals surface area contributed by atoms with E-state index in [4.69, 9.17) is 9.16 Å². The SMILES string of the molecule is CC(C)(C)[Si](C)(C)OC1CCOC1C=O. The smallest absolute Gasteiger partial charge is 0.192 e. The van der Waals surface area contributed by atoms with Crippen LogP contribution in [0.1, 0.15) is 27.2 Å². The van der Waals surface area contributed by atoms with Crippen LogP contribution < -0.4 is 0 Å². The number of rotatable bonds is 3. The lowest BCUT2D eigenvalue weighted by Crippen LogP contribution is -2.46. The lowest BCUT2D eigenvalue weighted by molar-refractivity contribution is -0.118. The van der Waals surface area contributed by atoms with Gasteiger partial charge in [0.25, 0.3) is 0 Å². The average molecular weight is 230 g/mol. The Morgan fingerprint density at radius 3 is 2.47 bits per heavy atom. The molecule has 0 amide bonds. The molecular weight excluding hydrogens is 208 g/mol. The Labute approximate surface area is 93.3 Å². The molecule has 1 aliphatic heterocycles. The molecule has 1 rings (SSSR count). The predicted molar refractivity (Wildman–Crippen MR) is 62.5 cm³/mol. The van der Waals surface area contributed by atoms with Crippen LogP contribution in [0.15, 0.2) is 0 Å². The van der Waals surface area contributed by atoms with Gasteiger partial charge < -0.3 is 14.0 Å². The molecular formula is C11H22O3Si. The summed E-state index contributed by atoms with van der Waals surface area (Å²) in [4.78, 5) is 10.8. The van der Waals surface area contributed by atoms with Crippen molar-refractivity contribution in [1.29, 1.82) is 0 Å². The first-order valence-electron chi connectivity index (χ1n) is 5.52. The average Bonchev–Trinajstić information content (AvgIpc) is 2.48. The van der Waals surface area contributed by atoms with E-state index in [9.17, 15) is 4.79 Å². The van der Waals surface area contributed by atoms with Crippen molar-refractivity contribution in [1.82, 2.24) is 0 Å². The van der Waals surface area contributed by atoms with Crippen LogP contribution in [-0.4, -0.2) is 33.4 Å². The quantitative estimate of drug-likeness (QED) is 0.551. The van der Waals surface area contributed by atoms with Crippen molar-refractivity contribution in [2.24, 2.45) is 0 Å². The number of hydrogen-bond acceptors (Lipinski definition) is 3. The monoisotopic (exact) mass is 230 g/mol. The van der Waals surface area contributed by atoms with Gasteiger partial charge >= 0.3 is 0 Å². The molecule has 1 heterocycles. The topological polar surface area (TPSA) is 35.5 Å². The van der Waals surface area contributed by atoms with Crippen LogP contribution in [0, 0.1) is 0 Å². The third-order valence-corrected chi connectivity index (χ3v) is 7.97. The summed E-state index contributed by atoms with van der Waals surface area (Å²) in [5.41, 5.74) is 0. The van der Waals surface area contributed by atoms with Gasteiger partial charge in [-0.3, -0.25) is 0 Å². The van der Waals surface area contributed by atoms with E-state index in [0.29, 0.717) is 6.61 Å². The highest BCUT2D eigenvalue weighted by Gasteiger charge is 2.42. The van der Waals surface area contributed by atoms with Crippen LogP contribution in [-0.2, 0) is 14.0 Å². The first-order valence-corrected chi connectivity index (χ1v) is 8.43. The molecule has 88 valence electrons. The van der Waals surface area contributed by atoms with Crippen molar-refractivity contribution in [3.63, 3.8) is 0 Å². The molecule has 2 atom stereocenters. The molecule has 0 radical (unpaired) electrons. The number of carbonyl (C=O) groups excluding carboxylic acids is 1. The Balaban J connectivity index is 2.64. The largest absolute Gasteiger partial charge is 0.411 e. The standard InChI is InChI=1S/C11H22O3Si/c1-11(2,3)15(4,5)14-9-6-7-13-10(9)8-12/h8-10H,6-7H2,1-5H3. The molecule has 0 N–H and O–H groups in total. The van der Waals surface area contributed by atoms with Crippen LogP contribution in [0.2, 0.25) is 18.1 Å². The summed E-state index contributed by atoms with van der Waals surface area (Å²) in [6, 6.07) is 0. The second kappa shape index (κ2) is 4.35. The molecule has 0 aromatic heterocycles. The van der Waals surface area contributed by atoms with Crippen LogP contribution in [0.3, 0.4) is 0 Å². The summed E-state index contributed by atoms with van der Waals surface area (Å²) < 4.78 is 11.5. The summed E-state index contributed by atoms with van der Waals surface area (Å²) >= 11 is 0. The van der Waals surface area contributed by atoms with Gasteiger partial charge in [0.2, 0.25) is 0 Å². The molecule has 4 heteroatoms. The van der Waals surface area contributed by atoms with E-state index in [1.807, 2.05) is 0 Å². The van der Waals surface area contributed by atoms with Gasteiger partial charge in [0.15, 0.2) is 14.6 Å². The normalized spacial score (nSPS) is 28.1. The third kappa shape index (κ3) is 2.89. The molecule has 1 aliphatic rings. The van der Waals surface area contributed by atoms with Crippen LogP contribution >= 0.6 is 0 Å². The minimum Gasteiger partial charge on any atom is -0.411 e. The van der Waals surface area contributed by atoms with E-state index >= 15 is 0 Å². The van der Waals surface area contributed by atoms with E-state index in [2.05, 4.69) is 33.9 Å². The van der Waals surface area contributed by atoms with Gasteiger partial charge in [-0.05, 0) is 24.6 Å². The predicted octanol–water partition coefficient (Wildman–Crippen LogP) is 2.36. The molecule has 0 aromatic carbocycles. The minimum absolute atomic E-state index is 0.0246. The van der Waals surface area contributed by atoms with Crippen LogP contribution in [0.4, 0.5) is 0 Å². The molecule has 1 fully saturated rings. The van der Waals surface area contributed by atoms with E-state index in [1.54, 1.807) is 0 Å². The first-order chi connectivity index (χ1) is 6.78. The molecule has 0 spiro atoms. The van der Waals surface area contributed by atoms with Crippen molar-refractivity contribution in [2.75, 3.05) is 6.61 Å². The Bertz CT molecular complexity index is 232. The van der Waals surface area contributed by atoms with Gasteiger partial charge in [-0.15, -0.1) is 0 Å². The molecule has 3 nitrogen and oxygen atoms in total. The summed E-state index contributed by atoms with van der Waals surface area (Å²) in [5, 5.41) is 0.184. The maximum Gasteiger partial charge on any atom is 0.192 e. The molecule has 0 aromatic rings. The molecule has 1 saturated heterocycles. The summed E-state index contributed by atoms with van der Waals surface area (Å²) in [5.74, 6) is 0. The lowest BCUT2D eigenvalue weighted by Gasteiger charge is -2.38. The van der Waals surface area contributed by atoms with E-state index in [-0.39, 0.29) is 17.2 Å². The Morgan fingerprint density at radius 1 is 1.40 bits per heavy atom.